The summed E-state index contributed by atoms with van der Waals surface area (Å²) in [5, 5.41) is 5.13. The summed E-state index contributed by atoms with van der Waals surface area (Å²) in [6.45, 7) is 9.33. The fourth-order valence-corrected chi connectivity index (χ4v) is 3.59. The lowest BCUT2D eigenvalue weighted by molar-refractivity contribution is -0.0586. The normalized spacial score (nSPS) is 21.0. The summed E-state index contributed by atoms with van der Waals surface area (Å²) < 4.78 is 7.55. The Bertz CT molecular complexity index is 762. The number of aromatic nitrogens is 2. The van der Waals surface area contributed by atoms with Crippen LogP contribution in [0.1, 0.15) is 49.7 Å². The van der Waals surface area contributed by atoms with Crippen LogP contribution in [-0.2, 0) is 4.74 Å². The van der Waals surface area contributed by atoms with E-state index in [-0.39, 0.29) is 24.0 Å². The third-order valence-electron chi connectivity index (χ3n) is 4.34. The highest BCUT2D eigenvalue weighted by atomic mass is 35.5. The number of hydrogen-bond acceptors (Lipinski definition) is 3. The first-order valence-corrected chi connectivity index (χ1v) is 9.03. The number of benzene rings is 1. The summed E-state index contributed by atoms with van der Waals surface area (Å²) in [7, 11) is 0. The zero-order valence-corrected chi connectivity index (χ0v) is 15.8. The SMILES string of the molecule is CC1CN(C(=O)c2cnn(-c3cccc(Cl)c3)c2C(C)C)CC(C)O1. The van der Waals surface area contributed by atoms with Gasteiger partial charge < -0.3 is 9.64 Å². The zero-order chi connectivity index (χ0) is 18.1. The third-order valence-corrected chi connectivity index (χ3v) is 4.58. The Morgan fingerprint density at radius 3 is 2.56 bits per heavy atom. The van der Waals surface area contributed by atoms with Gasteiger partial charge >= 0.3 is 0 Å². The maximum absolute atomic E-state index is 13.1. The number of carbonyl (C=O) groups excluding carboxylic acids is 1. The summed E-state index contributed by atoms with van der Waals surface area (Å²) in [5.41, 5.74) is 2.41. The lowest BCUT2D eigenvalue weighted by Crippen LogP contribution is -2.48. The molecule has 1 aromatic carbocycles. The van der Waals surface area contributed by atoms with Crippen molar-refractivity contribution in [1.82, 2.24) is 14.7 Å². The third kappa shape index (κ3) is 3.72. The van der Waals surface area contributed by atoms with E-state index in [1.807, 2.05) is 47.7 Å². The fourth-order valence-electron chi connectivity index (χ4n) is 3.41. The molecule has 2 unspecified atom stereocenters. The van der Waals surface area contributed by atoms with Gasteiger partial charge in [-0.05, 0) is 38.0 Å². The first kappa shape index (κ1) is 18.0. The van der Waals surface area contributed by atoms with E-state index in [1.165, 1.54) is 0 Å². The van der Waals surface area contributed by atoms with Crippen molar-refractivity contribution in [3.63, 3.8) is 0 Å². The van der Waals surface area contributed by atoms with Crippen LogP contribution in [0, 0.1) is 0 Å². The summed E-state index contributed by atoms with van der Waals surface area (Å²) in [6.07, 6.45) is 1.75. The molecular formula is C19H24ClN3O2. The standard InChI is InChI=1S/C19H24ClN3O2/c1-12(2)18-17(19(24)22-10-13(3)25-14(4)11-22)9-21-23(18)16-7-5-6-15(20)8-16/h5-9,12-14H,10-11H2,1-4H3. The van der Waals surface area contributed by atoms with Gasteiger partial charge in [-0.2, -0.15) is 5.10 Å². The van der Waals surface area contributed by atoms with Gasteiger partial charge in [0.05, 0.1) is 35.3 Å². The van der Waals surface area contributed by atoms with Gasteiger partial charge in [0.15, 0.2) is 0 Å². The van der Waals surface area contributed by atoms with E-state index in [4.69, 9.17) is 16.3 Å². The highest BCUT2D eigenvalue weighted by molar-refractivity contribution is 6.30. The maximum Gasteiger partial charge on any atom is 0.257 e. The minimum Gasteiger partial charge on any atom is -0.372 e. The lowest BCUT2D eigenvalue weighted by atomic mass is 10.0. The number of hydrogen-bond donors (Lipinski definition) is 0. The van der Waals surface area contributed by atoms with Gasteiger partial charge in [-0.3, -0.25) is 4.79 Å². The molecule has 0 spiro atoms. The minimum absolute atomic E-state index is 0.0129. The van der Waals surface area contributed by atoms with Gasteiger partial charge in [-0.15, -0.1) is 0 Å². The van der Waals surface area contributed by atoms with Gasteiger partial charge in [0, 0.05) is 18.1 Å². The lowest BCUT2D eigenvalue weighted by Gasteiger charge is -2.35. The predicted molar refractivity (Wildman–Crippen MR) is 98.6 cm³/mol. The molecule has 0 saturated carbocycles. The van der Waals surface area contributed by atoms with E-state index in [2.05, 4.69) is 18.9 Å². The van der Waals surface area contributed by atoms with Crippen molar-refractivity contribution in [2.24, 2.45) is 0 Å². The average Bonchev–Trinajstić information content (AvgIpc) is 2.98. The molecule has 1 aliphatic heterocycles. The van der Waals surface area contributed by atoms with Crippen LogP contribution in [0.3, 0.4) is 0 Å². The van der Waals surface area contributed by atoms with Crippen molar-refractivity contribution in [2.75, 3.05) is 13.1 Å². The van der Waals surface area contributed by atoms with E-state index in [1.54, 1.807) is 6.20 Å². The van der Waals surface area contributed by atoms with E-state index >= 15 is 0 Å². The molecule has 134 valence electrons. The average molecular weight is 362 g/mol. The van der Waals surface area contributed by atoms with Crippen molar-refractivity contribution in [1.29, 1.82) is 0 Å². The maximum atomic E-state index is 13.1. The molecule has 25 heavy (non-hydrogen) atoms. The second-order valence-corrected chi connectivity index (χ2v) is 7.39. The molecule has 1 amide bonds. The largest absolute Gasteiger partial charge is 0.372 e. The van der Waals surface area contributed by atoms with Crippen LogP contribution in [0.15, 0.2) is 30.5 Å². The van der Waals surface area contributed by atoms with E-state index in [9.17, 15) is 4.79 Å². The molecule has 1 aliphatic rings. The second kappa shape index (κ2) is 7.18. The molecule has 1 fully saturated rings. The highest BCUT2D eigenvalue weighted by Gasteiger charge is 2.30. The van der Waals surface area contributed by atoms with Crippen LogP contribution in [0.2, 0.25) is 5.02 Å². The number of rotatable bonds is 3. The summed E-state index contributed by atoms with van der Waals surface area (Å²) >= 11 is 6.12. The Balaban J connectivity index is 1.98. The van der Waals surface area contributed by atoms with Gasteiger partial charge in [0.25, 0.3) is 5.91 Å². The van der Waals surface area contributed by atoms with E-state index in [0.717, 1.165) is 11.4 Å². The molecule has 1 aromatic heterocycles. The highest BCUT2D eigenvalue weighted by Crippen LogP contribution is 2.26. The Labute approximate surface area is 153 Å². The van der Waals surface area contributed by atoms with Crippen LogP contribution in [0.4, 0.5) is 0 Å². The first-order chi connectivity index (χ1) is 11.9. The number of morpholine rings is 1. The minimum atomic E-state index is 0.0129. The van der Waals surface area contributed by atoms with Crippen LogP contribution >= 0.6 is 11.6 Å². The smallest absolute Gasteiger partial charge is 0.257 e. The fraction of sp³-hybridized carbons (Fsp3) is 0.474. The number of ether oxygens (including phenoxy) is 1. The van der Waals surface area contributed by atoms with Crippen molar-refractivity contribution in [2.45, 2.75) is 45.8 Å². The van der Waals surface area contributed by atoms with Gasteiger partial charge in [-0.1, -0.05) is 31.5 Å². The molecule has 0 N–H and O–H groups in total. The molecule has 2 aromatic rings. The molecule has 3 rings (SSSR count). The van der Waals surface area contributed by atoms with Crippen molar-refractivity contribution in [3.8, 4) is 5.69 Å². The molecule has 2 atom stereocenters. The monoisotopic (exact) mass is 361 g/mol. The Hall–Kier alpha value is -1.85. The summed E-state index contributed by atoms with van der Waals surface area (Å²) in [6, 6.07) is 7.51. The van der Waals surface area contributed by atoms with Crippen molar-refractivity contribution in [3.05, 3.63) is 46.7 Å². The molecule has 2 heterocycles. The zero-order valence-electron chi connectivity index (χ0n) is 15.1. The topological polar surface area (TPSA) is 47.4 Å². The molecule has 0 radical (unpaired) electrons. The second-order valence-electron chi connectivity index (χ2n) is 6.96. The number of halogens is 1. The van der Waals surface area contributed by atoms with Crippen molar-refractivity contribution < 1.29 is 9.53 Å². The number of amides is 1. The van der Waals surface area contributed by atoms with E-state index in [0.29, 0.717) is 23.7 Å². The van der Waals surface area contributed by atoms with Gasteiger partial charge in [0.1, 0.15) is 0 Å². The van der Waals surface area contributed by atoms with E-state index < -0.39 is 0 Å². The van der Waals surface area contributed by atoms with Crippen LogP contribution in [0.25, 0.3) is 5.69 Å². The quantitative estimate of drug-likeness (QED) is 0.833. The molecule has 5 nitrogen and oxygen atoms in total. The summed E-state index contributed by atoms with van der Waals surface area (Å²) in [5.74, 6) is 0.162. The number of carbonyl (C=O) groups is 1. The molecule has 0 bridgehead atoms. The molecular weight excluding hydrogens is 338 g/mol. The van der Waals surface area contributed by atoms with Gasteiger partial charge in [-0.25, -0.2) is 4.68 Å². The summed E-state index contributed by atoms with van der Waals surface area (Å²) in [4.78, 5) is 15.0. The van der Waals surface area contributed by atoms with Crippen LogP contribution < -0.4 is 0 Å². The number of nitrogens with zero attached hydrogens (tertiary/aromatic N) is 3. The van der Waals surface area contributed by atoms with Crippen molar-refractivity contribution >= 4 is 17.5 Å². The predicted octanol–water partition coefficient (Wildman–Crippen LogP) is 3.90. The first-order valence-electron chi connectivity index (χ1n) is 8.65. The Morgan fingerprint density at radius 2 is 1.96 bits per heavy atom. The molecule has 1 saturated heterocycles. The molecule has 6 heteroatoms. The van der Waals surface area contributed by atoms with Crippen LogP contribution in [0.5, 0.6) is 0 Å². The van der Waals surface area contributed by atoms with Gasteiger partial charge in [0.2, 0.25) is 0 Å². The molecule has 0 aliphatic carbocycles. The Kier molecular flexibility index (Phi) is 5.16. The Morgan fingerprint density at radius 1 is 1.28 bits per heavy atom. The van der Waals surface area contributed by atoms with Crippen LogP contribution in [-0.4, -0.2) is 45.9 Å².